The highest BCUT2D eigenvalue weighted by atomic mass is 79.9. The van der Waals surface area contributed by atoms with Crippen LogP contribution in [0, 0.1) is 0 Å². The first-order chi connectivity index (χ1) is 8.11. The summed E-state index contributed by atoms with van der Waals surface area (Å²) in [4.78, 5) is 10.5. The molecule has 0 aromatic carbocycles. The van der Waals surface area contributed by atoms with Crippen molar-refractivity contribution in [2.24, 2.45) is 0 Å². The van der Waals surface area contributed by atoms with E-state index in [-0.39, 0.29) is 0 Å². The Bertz CT molecular complexity index is 401. The maximum atomic E-state index is 5.64. The molecule has 6 heteroatoms. The summed E-state index contributed by atoms with van der Waals surface area (Å²) in [6, 6.07) is 0.388. The number of aromatic nitrogens is 2. The van der Waals surface area contributed by atoms with Crippen molar-refractivity contribution < 1.29 is 4.74 Å². The predicted octanol–water partition coefficient (Wildman–Crippen LogP) is 1.82. The van der Waals surface area contributed by atoms with Crippen LogP contribution in [0.5, 0.6) is 0 Å². The fourth-order valence-corrected chi connectivity index (χ4v) is 2.65. The summed E-state index contributed by atoms with van der Waals surface area (Å²) in [6.07, 6.45) is 4.07. The number of ether oxygens (including phenoxy) is 1. The molecule has 1 aromatic heterocycles. The number of nitrogens with zero attached hydrogens (tertiary/aromatic N) is 3. The molecule has 1 saturated heterocycles. The number of nitrogen functional groups attached to an aromatic ring is 1. The molecular formula is C11H17BrN4O. The second-order valence-electron chi connectivity index (χ2n) is 4.32. The molecule has 5 nitrogen and oxygen atoms in total. The summed E-state index contributed by atoms with van der Waals surface area (Å²) in [6.45, 7) is 3.10. The zero-order valence-electron chi connectivity index (χ0n) is 10.1. The summed E-state index contributed by atoms with van der Waals surface area (Å²) in [5.74, 6) is 1.18. The quantitative estimate of drug-likeness (QED) is 0.903. The van der Waals surface area contributed by atoms with Crippen LogP contribution in [0.1, 0.15) is 19.8 Å². The first-order valence-corrected chi connectivity index (χ1v) is 6.48. The lowest BCUT2D eigenvalue weighted by Crippen LogP contribution is -2.44. The molecule has 1 aliphatic rings. The van der Waals surface area contributed by atoms with Gasteiger partial charge in [0.05, 0.1) is 10.6 Å². The van der Waals surface area contributed by atoms with Crippen LogP contribution < -0.4 is 10.6 Å². The molecule has 0 bridgehead atoms. The second-order valence-corrected chi connectivity index (χ2v) is 5.18. The van der Waals surface area contributed by atoms with Gasteiger partial charge in [-0.15, -0.1) is 0 Å². The number of methoxy groups -OCH3 is 1. The van der Waals surface area contributed by atoms with Crippen LogP contribution >= 0.6 is 15.9 Å². The number of piperidine rings is 1. The third-order valence-electron chi connectivity index (χ3n) is 3.18. The van der Waals surface area contributed by atoms with Gasteiger partial charge in [-0.1, -0.05) is 0 Å². The number of rotatable bonds is 2. The number of hydrogen-bond donors (Lipinski definition) is 1. The summed E-state index contributed by atoms with van der Waals surface area (Å²) < 4.78 is 6.29. The third-order valence-corrected chi connectivity index (χ3v) is 3.74. The van der Waals surface area contributed by atoms with Crippen molar-refractivity contribution in [3.63, 3.8) is 0 Å². The summed E-state index contributed by atoms with van der Waals surface area (Å²) >= 11 is 3.47. The minimum Gasteiger partial charge on any atom is -0.381 e. The van der Waals surface area contributed by atoms with E-state index in [4.69, 9.17) is 10.5 Å². The number of anilines is 2. The van der Waals surface area contributed by atoms with Gasteiger partial charge in [0.25, 0.3) is 0 Å². The van der Waals surface area contributed by atoms with E-state index in [2.05, 4.69) is 37.7 Å². The molecule has 1 fully saturated rings. The molecule has 0 aliphatic carbocycles. The maximum absolute atomic E-state index is 5.64. The average molecular weight is 301 g/mol. The van der Waals surface area contributed by atoms with Gasteiger partial charge in [0, 0.05) is 25.9 Å². The highest BCUT2D eigenvalue weighted by molar-refractivity contribution is 9.10. The lowest BCUT2D eigenvalue weighted by Gasteiger charge is -2.38. The average Bonchev–Trinajstić information content (AvgIpc) is 2.32. The minimum absolute atomic E-state index is 0.310. The molecule has 0 amide bonds. The Morgan fingerprint density at radius 2 is 2.35 bits per heavy atom. The normalized spacial score (nSPS) is 25.0. The van der Waals surface area contributed by atoms with Gasteiger partial charge in [0.15, 0.2) is 0 Å². The lowest BCUT2D eigenvalue weighted by molar-refractivity contribution is 0.0719. The van der Waals surface area contributed by atoms with E-state index in [0.29, 0.717) is 18.1 Å². The third kappa shape index (κ3) is 2.69. The Balaban J connectivity index is 2.20. The SMILES string of the molecule is COC1CCN(c2nc(N)ncc2Br)C(C)C1. The van der Waals surface area contributed by atoms with Gasteiger partial charge in [0.1, 0.15) is 5.82 Å². The molecule has 2 rings (SSSR count). The summed E-state index contributed by atoms with van der Waals surface area (Å²) in [5, 5.41) is 0. The van der Waals surface area contributed by atoms with Gasteiger partial charge in [-0.3, -0.25) is 0 Å². The number of hydrogen-bond acceptors (Lipinski definition) is 5. The van der Waals surface area contributed by atoms with E-state index < -0.39 is 0 Å². The maximum Gasteiger partial charge on any atom is 0.222 e. The van der Waals surface area contributed by atoms with Crippen LogP contribution in [0.15, 0.2) is 10.7 Å². The highest BCUT2D eigenvalue weighted by Crippen LogP contribution is 2.30. The second kappa shape index (κ2) is 5.18. The zero-order valence-corrected chi connectivity index (χ0v) is 11.6. The molecule has 2 unspecified atom stereocenters. The fourth-order valence-electron chi connectivity index (χ4n) is 2.23. The predicted molar refractivity (Wildman–Crippen MR) is 71.0 cm³/mol. The van der Waals surface area contributed by atoms with Gasteiger partial charge in [-0.25, -0.2) is 4.98 Å². The smallest absolute Gasteiger partial charge is 0.222 e. The Morgan fingerprint density at radius 1 is 1.59 bits per heavy atom. The van der Waals surface area contributed by atoms with Gasteiger partial charge in [-0.05, 0) is 35.7 Å². The molecule has 1 aromatic rings. The monoisotopic (exact) mass is 300 g/mol. The molecule has 0 spiro atoms. The van der Waals surface area contributed by atoms with Crippen molar-refractivity contribution in [2.75, 3.05) is 24.3 Å². The van der Waals surface area contributed by atoms with Crippen LogP contribution in [-0.2, 0) is 4.74 Å². The van der Waals surface area contributed by atoms with Crippen molar-refractivity contribution in [3.8, 4) is 0 Å². The Kier molecular flexibility index (Phi) is 3.83. The minimum atomic E-state index is 0.310. The summed E-state index contributed by atoms with van der Waals surface area (Å²) in [5.41, 5.74) is 5.64. The van der Waals surface area contributed by atoms with Crippen molar-refractivity contribution in [1.82, 2.24) is 9.97 Å². The summed E-state index contributed by atoms with van der Waals surface area (Å²) in [7, 11) is 1.77. The number of halogens is 1. The first-order valence-electron chi connectivity index (χ1n) is 5.69. The van der Waals surface area contributed by atoms with Crippen LogP contribution in [0.3, 0.4) is 0 Å². The standard InChI is InChI=1S/C11H17BrN4O/c1-7-5-8(17-2)3-4-16(7)10-9(12)6-14-11(13)15-10/h6-8H,3-5H2,1-2H3,(H2,13,14,15). The van der Waals surface area contributed by atoms with Crippen molar-refractivity contribution in [2.45, 2.75) is 31.9 Å². The van der Waals surface area contributed by atoms with Crippen LogP contribution in [0.4, 0.5) is 11.8 Å². The molecule has 2 atom stereocenters. The van der Waals surface area contributed by atoms with Crippen molar-refractivity contribution in [1.29, 1.82) is 0 Å². The largest absolute Gasteiger partial charge is 0.381 e. The van der Waals surface area contributed by atoms with E-state index in [0.717, 1.165) is 29.7 Å². The molecular weight excluding hydrogens is 284 g/mol. The van der Waals surface area contributed by atoms with E-state index >= 15 is 0 Å². The Hall–Kier alpha value is -0.880. The lowest BCUT2D eigenvalue weighted by atomic mass is 10.0. The molecule has 94 valence electrons. The Labute approximate surface area is 110 Å². The molecule has 2 N–H and O–H groups in total. The zero-order chi connectivity index (χ0) is 12.4. The Morgan fingerprint density at radius 3 is 3.00 bits per heavy atom. The topological polar surface area (TPSA) is 64.3 Å². The van der Waals surface area contributed by atoms with Gasteiger partial charge in [0.2, 0.25) is 5.95 Å². The molecule has 1 aliphatic heterocycles. The van der Waals surface area contributed by atoms with Crippen LogP contribution in [-0.4, -0.2) is 35.8 Å². The van der Waals surface area contributed by atoms with Gasteiger partial charge < -0.3 is 15.4 Å². The van der Waals surface area contributed by atoms with E-state index in [1.54, 1.807) is 13.3 Å². The molecule has 0 saturated carbocycles. The molecule has 0 radical (unpaired) electrons. The number of nitrogens with two attached hydrogens (primary N) is 1. The van der Waals surface area contributed by atoms with Crippen molar-refractivity contribution >= 4 is 27.7 Å². The molecule has 2 heterocycles. The van der Waals surface area contributed by atoms with Gasteiger partial charge in [-0.2, -0.15) is 4.98 Å². The van der Waals surface area contributed by atoms with Crippen molar-refractivity contribution in [3.05, 3.63) is 10.7 Å². The van der Waals surface area contributed by atoms with E-state index in [9.17, 15) is 0 Å². The van der Waals surface area contributed by atoms with E-state index in [1.807, 2.05) is 0 Å². The van der Waals surface area contributed by atoms with Crippen LogP contribution in [0.2, 0.25) is 0 Å². The van der Waals surface area contributed by atoms with Gasteiger partial charge >= 0.3 is 0 Å². The molecule has 17 heavy (non-hydrogen) atoms. The highest BCUT2D eigenvalue weighted by Gasteiger charge is 2.27. The first kappa shape index (κ1) is 12.6. The van der Waals surface area contributed by atoms with E-state index in [1.165, 1.54) is 0 Å². The fraction of sp³-hybridized carbons (Fsp3) is 0.636. The van der Waals surface area contributed by atoms with Crippen LogP contribution in [0.25, 0.3) is 0 Å².